The molecule has 0 aromatic heterocycles. The first-order chi connectivity index (χ1) is 9.04. The molecule has 1 aromatic carbocycles. The van der Waals surface area contributed by atoms with E-state index in [0.29, 0.717) is 13.1 Å². The van der Waals surface area contributed by atoms with Crippen LogP contribution in [0.2, 0.25) is 0 Å². The van der Waals surface area contributed by atoms with Crippen LogP contribution in [-0.4, -0.2) is 29.8 Å². The number of rotatable bonds is 6. The van der Waals surface area contributed by atoms with Gasteiger partial charge in [0.15, 0.2) is 0 Å². The molecule has 2 amide bonds. The number of aryl methyl sites for hydroxylation is 1. The fourth-order valence-electron chi connectivity index (χ4n) is 1.85. The number of hydrogen-bond donors (Lipinski definition) is 1. The highest BCUT2D eigenvalue weighted by molar-refractivity contribution is 5.83. The quantitative estimate of drug-likeness (QED) is 0.851. The lowest BCUT2D eigenvalue weighted by molar-refractivity contribution is -0.134. The molecular weight excluding hydrogens is 240 g/mol. The highest BCUT2D eigenvalue weighted by atomic mass is 16.2. The molecular formula is C15H22N2O2. The second-order valence-corrected chi connectivity index (χ2v) is 4.64. The Morgan fingerprint density at radius 3 is 2.53 bits per heavy atom. The average Bonchev–Trinajstić information content (AvgIpc) is 2.37. The van der Waals surface area contributed by atoms with Crippen LogP contribution in [0, 0.1) is 6.92 Å². The number of carbonyl (C=O) groups excluding carboxylic acids is 2. The van der Waals surface area contributed by atoms with Crippen LogP contribution in [0.25, 0.3) is 0 Å². The van der Waals surface area contributed by atoms with Crippen molar-refractivity contribution in [3.05, 3.63) is 35.4 Å². The minimum atomic E-state index is -0.119. The predicted octanol–water partition coefficient (Wildman–Crippen LogP) is 1.87. The number of nitrogens with zero attached hydrogens (tertiary/aromatic N) is 1. The number of benzene rings is 1. The molecule has 0 fully saturated rings. The monoisotopic (exact) mass is 262 g/mol. The van der Waals surface area contributed by atoms with E-state index < -0.39 is 0 Å². The predicted molar refractivity (Wildman–Crippen MR) is 75.6 cm³/mol. The molecule has 19 heavy (non-hydrogen) atoms. The average molecular weight is 262 g/mol. The molecule has 4 nitrogen and oxygen atoms in total. The molecule has 0 unspecified atom stereocenters. The molecule has 0 radical (unpaired) electrons. The molecule has 104 valence electrons. The first-order valence-electron chi connectivity index (χ1n) is 6.61. The van der Waals surface area contributed by atoms with E-state index >= 15 is 0 Å². The van der Waals surface area contributed by atoms with Crippen LogP contribution < -0.4 is 5.32 Å². The summed E-state index contributed by atoms with van der Waals surface area (Å²) in [6.45, 7) is 6.75. The minimum absolute atomic E-state index is 0.0621. The third-order valence-electron chi connectivity index (χ3n) is 3.01. The van der Waals surface area contributed by atoms with Gasteiger partial charge >= 0.3 is 0 Å². The van der Waals surface area contributed by atoms with Crippen molar-refractivity contribution in [3.8, 4) is 0 Å². The first kappa shape index (κ1) is 15.2. The summed E-state index contributed by atoms with van der Waals surface area (Å²) in [5.41, 5.74) is 2.25. The van der Waals surface area contributed by atoms with Crippen molar-refractivity contribution < 1.29 is 9.59 Å². The van der Waals surface area contributed by atoms with Crippen molar-refractivity contribution >= 4 is 11.8 Å². The topological polar surface area (TPSA) is 49.4 Å². The van der Waals surface area contributed by atoms with Gasteiger partial charge < -0.3 is 10.2 Å². The van der Waals surface area contributed by atoms with Crippen molar-refractivity contribution in [3.63, 3.8) is 0 Å². The fraction of sp³-hybridized carbons (Fsp3) is 0.467. The standard InChI is InChI=1S/C15H22N2O2/c1-4-9-17(13(3)18)11-15(19)16-10-14-8-6-5-7-12(14)2/h5-8H,4,9-11H2,1-3H3,(H,16,19). The summed E-state index contributed by atoms with van der Waals surface area (Å²) in [5, 5.41) is 2.85. The summed E-state index contributed by atoms with van der Waals surface area (Å²) in [7, 11) is 0. The third-order valence-corrected chi connectivity index (χ3v) is 3.01. The Labute approximate surface area is 114 Å². The summed E-state index contributed by atoms with van der Waals surface area (Å²) in [6.07, 6.45) is 0.852. The number of carbonyl (C=O) groups is 2. The Balaban J connectivity index is 2.47. The molecule has 0 bridgehead atoms. The van der Waals surface area contributed by atoms with Gasteiger partial charge in [0.1, 0.15) is 0 Å². The number of nitrogens with one attached hydrogen (secondary N) is 1. The molecule has 0 spiro atoms. The first-order valence-corrected chi connectivity index (χ1v) is 6.61. The zero-order chi connectivity index (χ0) is 14.3. The second-order valence-electron chi connectivity index (χ2n) is 4.64. The van der Waals surface area contributed by atoms with E-state index in [1.54, 1.807) is 4.90 Å². The van der Waals surface area contributed by atoms with Gasteiger partial charge in [-0.1, -0.05) is 31.2 Å². The van der Waals surface area contributed by atoms with Gasteiger partial charge in [-0.2, -0.15) is 0 Å². The maximum absolute atomic E-state index is 11.8. The lowest BCUT2D eigenvalue weighted by Crippen LogP contribution is -2.39. The van der Waals surface area contributed by atoms with E-state index in [9.17, 15) is 9.59 Å². The Morgan fingerprint density at radius 1 is 1.26 bits per heavy atom. The minimum Gasteiger partial charge on any atom is -0.350 e. The van der Waals surface area contributed by atoms with Crippen molar-refractivity contribution in [2.75, 3.05) is 13.1 Å². The van der Waals surface area contributed by atoms with Crippen LogP contribution in [0.1, 0.15) is 31.4 Å². The summed E-state index contributed by atoms with van der Waals surface area (Å²) in [5.74, 6) is -0.181. The van der Waals surface area contributed by atoms with E-state index in [0.717, 1.165) is 17.5 Å². The van der Waals surface area contributed by atoms with Crippen molar-refractivity contribution in [2.24, 2.45) is 0 Å². The maximum Gasteiger partial charge on any atom is 0.239 e. The van der Waals surface area contributed by atoms with Crippen molar-refractivity contribution in [1.82, 2.24) is 10.2 Å². The van der Waals surface area contributed by atoms with Crippen LogP contribution >= 0.6 is 0 Å². The SMILES string of the molecule is CCCN(CC(=O)NCc1ccccc1C)C(C)=O. The van der Waals surface area contributed by atoms with E-state index in [4.69, 9.17) is 0 Å². The Morgan fingerprint density at radius 2 is 1.95 bits per heavy atom. The van der Waals surface area contributed by atoms with Crippen molar-refractivity contribution in [2.45, 2.75) is 33.7 Å². The largest absolute Gasteiger partial charge is 0.350 e. The van der Waals surface area contributed by atoms with E-state index in [-0.39, 0.29) is 18.4 Å². The van der Waals surface area contributed by atoms with Crippen molar-refractivity contribution in [1.29, 1.82) is 0 Å². The van der Waals surface area contributed by atoms with Crippen LogP contribution in [0.5, 0.6) is 0 Å². The molecule has 0 heterocycles. The number of amides is 2. The van der Waals surface area contributed by atoms with Gasteiger partial charge in [0, 0.05) is 20.0 Å². The molecule has 0 aliphatic carbocycles. The molecule has 0 aliphatic heterocycles. The van der Waals surface area contributed by atoms with Gasteiger partial charge in [-0.15, -0.1) is 0 Å². The van der Waals surface area contributed by atoms with Crippen LogP contribution in [0.15, 0.2) is 24.3 Å². The molecule has 1 aromatic rings. The highest BCUT2D eigenvalue weighted by Crippen LogP contribution is 2.06. The summed E-state index contributed by atoms with van der Waals surface area (Å²) in [4.78, 5) is 24.7. The Bertz CT molecular complexity index is 444. The second kappa shape index (κ2) is 7.56. The van der Waals surface area contributed by atoms with Gasteiger partial charge in [-0.05, 0) is 24.5 Å². The zero-order valence-corrected chi connectivity index (χ0v) is 11.9. The zero-order valence-electron chi connectivity index (χ0n) is 11.9. The smallest absolute Gasteiger partial charge is 0.239 e. The Kier molecular flexibility index (Phi) is 6.06. The molecule has 0 aliphatic rings. The maximum atomic E-state index is 11.8. The summed E-state index contributed by atoms with van der Waals surface area (Å²) >= 11 is 0. The van der Waals surface area contributed by atoms with Gasteiger partial charge in [-0.25, -0.2) is 0 Å². The molecule has 0 saturated heterocycles. The number of hydrogen-bond acceptors (Lipinski definition) is 2. The van der Waals surface area contributed by atoms with Gasteiger partial charge in [-0.3, -0.25) is 9.59 Å². The lowest BCUT2D eigenvalue weighted by Gasteiger charge is -2.19. The van der Waals surface area contributed by atoms with E-state index in [2.05, 4.69) is 5.32 Å². The van der Waals surface area contributed by atoms with Crippen LogP contribution in [-0.2, 0) is 16.1 Å². The normalized spacial score (nSPS) is 10.1. The summed E-state index contributed by atoms with van der Waals surface area (Å²) < 4.78 is 0. The summed E-state index contributed by atoms with van der Waals surface area (Å²) in [6, 6.07) is 7.93. The highest BCUT2D eigenvalue weighted by Gasteiger charge is 2.12. The van der Waals surface area contributed by atoms with E-state index in [1.807, 2.05) is 38.1 Å². The molecule has 1 N–H and O–H groups in total. The molecule has 4 heteroatoms. The van der Waals surface area contributed by atoms with Crippen LogP contribution in [0.3, 0.4) is 0 Å². The molecule has 0 saturated carbocycles. The van der Waals surface area contributed by atoms with E-state index in [1.165, 1.54) is 6.92 Å². The van der Waals surface area contributed by atoms with Crippen LogP contribution in [0.4, 0.5) is 0 Å². The lowest BCUT2D eigenvalue weighted by atomic mass is 10.1. The third kappa shape index (κ3) is 5.12. The van der Waals surface area contributed by atoms with Gasteiger partial charge in [0.25, 0.3) is 0 Å². The van der Waals surface area contributed by atoms with Gasteiger partial charge in [0.05, 0.1) is 6.54 Å². The fourth-order valence-corrected chi connectivity index (χ4v) is 1.85. The molecule has 0 atom stereocenters. The van der Waals surface area contributed by atoms with Gasteiger partial charge in [0.2, 0.25) is 11.8 Å². The molecule has 1 rings (SSSR count). The Hall–Kier alpha value is -1.84.